The van der Waals surface area contributed by atoms with Crippen LogP contribution in [0.15, 0.2) is 41.6 Å². The fourth-order valence-corrected chi connectivity index (χ4v) is 4.20. The smallest absolute Gasteiger partial charge is 0.250 e. The second-order valence-corrected chi connectivity index (χ2v) is 7.87. The van der Waals surface area contributed by atoms with Gasteiger partial charge in [0, 0.05) is 63.3 Å². The van der Waals surface area contributed by atoms with Gasteiger partial charge in [0.05, 0.1) is 0 Å². The zero-order valence-electron chi connectivity index (χ0n) is 15.6. The maximum atomic E-state index is 11.8. The average Bonchev–Trinajstić information content (AvgIpc) is 3.20. The van der Waals surface area contributed by atoms with Crippen molar-refractivity contribution in [1.29, 1.82) is 0 Å². The van der Waals surface area contributed by atoms with Gasteiger partial charge in [-0.3, -0.25) is 4.79 Å². The van der Waals surface area contributed by atoms with Crippen LogP contribution in [-0.2, 0) is 6.54 Å². The van der Waals surface area contributed by atoms with E-state index >= 15 is 0 Å². The van der Waals surface area contributed by atoms with Gasteiger partial charge in [0.15, 0.2) is 0 Å². The van der Waals surface area contributed by atoms with Gasteiger partial charge in [-0.15, -0.1) is 0 Å². The maximum absolute atomic E-state index is 11.8. The molecule has 0 aromatic carbocycles. The van der Waals surface area contributed by atoms with E-state index in [0.29, 0.717) is 17.8 Å². The second kappa shape index (κ2) is 7.19. The third-order valence-electron chi connectivity index (χ3n) is 5.71. The number of likely N-dealkylation sites (tertiary alicyclic amines) is 1. The van der Waals surface area contributed by atoms with Crippen molar-refractivity contribution < 1.29 is 0 Å². The van der Waals surface area contributed by atoms with E-state index in [-0.39, 0.29) is 5.56 Å². The molecule has 0 N–H and O–H groups in total. The molecular formula is C20H27N5O. The summed E-state index contributed by atoms with van der Waals surface area (Å²) in [7, 11) is 0. The topological polar surface area (TPSA) is 54.3 Å². The first kappa shape index (κ1) is 17.2. The van der Waals surface area contributed by atoms with Crippen LogP contribution in [0.4, 0.5) is 5.82 Å². The molecule has 0 bridgehead atoms. The highest BCUT2D eigenvalue weighted by Gasteiger charge is 2.40. The summed E-state index contributed by atoms with van der Waals surface area (Å²) in [6.07, 6.45) is 3.57. The van der Waals surface area contributed by atoms with Crippen LogP contribution in [-0.4, -0.2) is 52.2 Å². The molecule has 26 heavy (non-hydrogen) atoms. The third-order valence-corrected chi connectivity index (χ3v) is 5.71. The monoisotopic (exact) mass is 353 g/mol. The molecule has 4 heterocycles. The van der Waals surface area contributed by atoms with E-state index in [1.807, 2.05) is 12.3 Å². The molecule has 2 aliphatic rings. The number of anilines is 1. The van der Waals surface area contributed by atoms with Crippen LogP contribution in [0.3, 0.4) is 0 Å². The van der Waals surface area contributed by atoms with Gasteiger partial charge < -0.3 is 14.4 Å². The Balaban J connectivity index is 1.33. The average molecular weight is 353 g/mol. The van der Waals surface area contributed by atoms with Gasteiger partial charge in [-0.2, -0.15) is 0 Å². The van der Waals surface area contributed by atoms with Crippen LogP contribution in [0.2, 0.25) is 0 Å². The first-order valence-electron chi connectivity index (χ1n) is 9.55. The zero-order valence-corrected chi connectivity index (χ0v) is 15.6. The summed E-state index contributed by atoms with van der Waals surface area (Å²) >= 11 is 0. The lowest BCUT2D eigenvalue weighted by Crippen LogP contribution is -2.32. The number of pyridine rings is 1. The van der Waals surface area contributed by atoms with Gasteiger partial charge in [0.2, 0.25) is 0 Å². The number of nitrogens with zero attached hydrogens (tertiary/aromatic N) is 5. The Morgan fingerprint density at radius 2 is 1.85 bits per heavy atom. The summed E-state index contributed by atoms with van der Waals surface area (Å²) < 4.78 is 1.80. The molecule has 0 aliphatic carbocycles. The van der Waals surface area contributed by atoms with Crippen LogP contribution < -0.4 is 10.5 Å². The summed E-state index contributed by atoms with van der Waals surface area (Å²) in [5.74, 6) is 2.89. The number of hydrogen-bond donors (Lipinski definition) is 0. The quantitative estimate of drug-likeness (QED) is 0.821. The minimum Gasteiger partial charge on any atom is -0.356 e. The molecule has 0 spiro atoms. The van der Waals surface area contributed by atoms with Crippen molar-refractivity contribution in [3.8, 4) is 0 Å². The van der Waals surface area contributed by atoms with Crippen LogP contribution in [0, 0.1) is 11.8 Å². The molecular weight excluding hydrogens is 326 g/mol. The minimum atomic E-state index is 0.0859. The Labute approximate surface area is 154 Å². The predicted octanol–water partition coefficient (Wildman–Crippen LogP) is 1.83. The highest BCUT2D eigenvalue weighted by atomic mass is 16.1. The molecule has 6 nitrogen and oxygen atoms in total. The van der Waals surface area contributed by atoms with E-state index in [4.69, 9.17) is 0 Å². The molecule has 2 aliphatic heterocycles. The number of fused-ring (bicyclic) bond motifs is 1. The second-order valence-electron chi connectivity index (χ2n) is 7.87. The molecule has 2 aromatic heterocycles. The van der Waals surface area contributed by atoms with Gasteiger partial charge in [0.25, 0.3) is 5.56 Å². The van der Waals surface area contributed by atoms with Crippen LogP contribution in [0.5, 0.6) is 0 Å². The molecule has 2 fully saturated rings. The molecule has 0 amide bonds. The summed E-state index contributed by atoms with van der Waals surface area (Å²) in [5.41, 5.74) is 1.20. The molecule has 6 heteroatoms. The molecule has 4 rings (SSSR count). The molecule has 2 aromatic rings. The standard InChI is InChI=1S/C20H27N5O/c1-15(2)18-9-19(22-14-21-18)25-12-16-10-23(11-17(16)13-25)7-8-24-6-4-3-5-20(24)26/h3-6,9,14-17H,7-8,10-13H2,1-2H3. The van der Waals surface area contributed by atoms with Crippen molar-refractivity contribution >= 4 is 5.82 Å². The third kappa shape index (κ3) is 3.51. The van der Waals surface area contributed by atoms with Gasteiger partial charge in [-0.05, 0) is 23.8 Å². The van der Waals surface area contributed by atoms with E-state index in [1.54, 1.807) is 23.0 Å². The van der Waals surface area contributed by atoms with Crippen LogP contribution in [0.1, 0.15) is 25.5 Å². The summed E-state index contributed by atoms with van der Waals surface area (Å²) in [5, 5.41) is 0. The van der Waals surface area contributed by atoms with Crippen molar-refractivity contribution in [3.63, 3.8) is 0 Å². The normalized spacial score (nSPS) is 23.0. The van der Waals surface area contributed by atoms with E-state index in [2.05, 4.69) is 39.7 Å². The lowest BCUT2D eigenvalue weighted by molar-refractivity contribution is 0.301. The Kier molecular flexibility index (Phi) is 4.76. The van der Waals surface area contributed by atoms with E-state index in [0.717, 1.165) is 50.8 Å². The maximum Gasteiger partial charge on any atom is 0.250 e. The Bertz CT molecular complexity index is 804. The summed E-state index contributed by atoms with van der Waals surface area (Å²) in [6, 6.07) is 7.49. The first-order chi connectivity index (χ1) is 12.6. The molecule has 2 saturated heterocycles. The van der Waals surface area contributed by atoms with Gasteiger partial charge >= 0.3 is 0 Å². The van der Waals surface area contributed by atoms with Crippen molar-refractivity contribution in [2.75, 3.05) is 37.6 Å². The van der Waals surface area contributed by atoms with Crippen molar-refractivity contribution in [1.82, 2.24) is 19.4 Å². The molecule has 138 valence electrons. The van der Waals surface area contributed by atoms with Crippen molar-refractivity contribution in [2.45, 2.75) is 26.3 Å². The number of hydrogen-bond acceptors (Lipinski definition) is 5. The van der Waals surface area contributed by atoms with E-state index in [9.17, 15) is 4.79 Å². The highest BCUT2D eigenvalue weighted by molar-refractivity contribution is 5.41. The molecule has 2 atom stereocenters. The molecule has 2 unspecified atom stereocenters. The van der Waals surface area contributed by atoms with Crippen molar-refractivity contribution in [2.24, 2.45) is 11.8 Å². The van der Waals surface area contributed by atoms with Gasteiger partial charge in [-0.25, -0.2) is 9.97 Å². The minimum absolute atomic E-state index is 0.0859. The summed E-state index contributed by atoms with van der Waals surface area (Å²) in [6.45, 7) is 10.4. The fraction of sp³-hybridized carbons (Fsp3) is 0.550. The lowest BCUT2D eigenvalue weighted by Gasteiger charge is -2.23. The van der Waals surface area contributed by atoms with Crippen LogP contribution >= 0.6 is 0 Å². The zero-order chi connectivity index (χ0) is 18.1. The summed E-state index contributed by atoms with van der Waals surface area (Å²) in [4.78, 5) is 25.6. The number of rotatable bonds is 5. The van der Waals surface area contributed by atoms with Crippen LogP contribution in [0.25, 0.3) is 0 Å². The van der Waals surface area contributed by atoms with E-state index in [1.165, 1.54) is 0 Å². The molecule has 0 radical (unpaired) electrons. The SMILES string of the molecule is CC(C)c1cc(N2CC3CN(CCn4ccccc4=O)CC3C2)ncn1. The first-order valence-corrected chi connectivity index (χ1v) is 9.55. The highest BCUT2D eigenvalue weighted by Crippen LogP contribution is 2.33. The Morgan fingerprint density at radius 3 is 2.54 bits per heavy atom. The van der Waals surface area contributed by atoms with E-state index < -0.39 is 0 Å². The van der Waals surface area contributed by atoms with Gasteiger partial charge in [0.1, 0.15) is 12.1 Å². The van der Waals surface area contributed by atoms with Gasteiger partial charge in [-0.1, -0.05) is 19.9 Å². The number of aromatic nitrogens is 3. The lowest BCUT2D eigenvalue weighted by atomic mass is 10.0. The predicted molar refractivity (Wildman–Crippen MR) is 102 cm³/mol. The Morgan fingerprint density at radius 1 is 1.08 bits per heavy atom. The molecule has 0 saturated carbocycles. The fourth-order valence-electron chi connectivity index (χ4n) is 4.20. The largest absolute Gasteiger partial charge is 0.356 e. The van der Waals surface area contributed by atoms with Crippen molar-refractivity contribution in [3.05, 3.63) is 52.8 Å². The Hall–Kier alpha value is -2.21.